The number of ketones is 1. The van der Waals surface area contributed by atoms with Gasteiger partial charge in [-0.3, -0.25) is 14.5 Å². The average molecular weight is 513 g/mol. The molecule has 3 aromatic carbocycles. The molecule has 10 heteroatoms. The Morgan fingerprint density at radius 2 is 1.62 bits per heavy atom. The summed E-state index contributed by atoms with van der Waals surface area (Å²) in [5, 5.41) is 11.3. The fourth-order valence-electron chi connectivity index (χ4n) is 4.22. The Bertz CT molecular complexity index is 1380. The molecule has 1 fully saturated rings. The largest absolute Gasteiger partial charge is 0.573 e. The van der Waals surface area contributed by atoms with E-state index in [4.69, 9.17) is 9.47 Å². The predicted octanol–water partition coefficient (Wildman–Crippen LogP) is 5.54. The minimum Gasteiger partial charge on any atom is -0.507 e. The van der Waals surface area contributed by atoms with Crippen molar-refractivity contribution in [1.82, 2.24) is 0 Å². The second-order valence-corrected chi connectivity index (χ2v) is 8.17. The molecule has 4 rings (SSSR count). The fraction of sp³-hybridized carbons (Fsp3) is 0.185. The molecule has 0 aliphatic carbocycles. The minimum absolute atomic E-state index is 0.134. The van der Waals surface area contributed by atoms with Crippen molar-refractivity contribution >= 4 is 23.1 Å². The number of Topliss-reactive ketones (excluding diaryl/α,β-unsaturated/α-hetero) is 1. The number of anilines is 1. The number of alkyl halides is 3. The number of methoxy groups -OCH3 is 2. The van der Waals surface area contributed by atoms with E-state index in [1.165, 1.54) is 26.4 Å². The summed E-state index contributed by atoms with van der Waals surface area (Å²) in [5.41, 5.74) is 1.38. The third-order valence-electron chi connectivity index (χ3n) is 5.87. The maximum absolute atomic E-state index is 13.3. The Morgan fingerprint density at radius 1 is 0.919 bits per heavy atom. The van der Waals surface area contributed by atoms with Gasteiger partial charge in [0.2, 0.25) is 0 Å². The molecule has 1 atom stereocenters. The number of amides is 1. The van der Waals surface area contributed by atoms with Crippen LogP contribution in [0.4, 0.5) is 18.9 Å². The number of carbonyl (C=O) groups is 2. The van der Waals surface area contributed by atoms with Gasteiger partial charge in [0.1, 0.15) is 23.0 Å². The Morgan fingerprint density at radius 3 is 2.22 bits per heavy atom. The van der Waals surface area contributed by atoms with Crippen molar-refractivity contribution in [2.45, 2.75) is 19.3 Å². The van der Waals surface area contributed by atoms with Crippen LogP contribution in [0.3, 0.4) is 0 Å². The van der Waals surface area contributed by atoms with Crippen LogP contribution in [-0.4, -0.2) is 37.4 Å². The van der Waals surface area contributed by atoms with E-state index in [0.29, 0.717) is 22.6 Å². The lowest BCUT2D eigenvalue weighted by Gasteiger charge is -2.26. The smallest absolute Gasteiger partial charge is 0.507 e. The van der Waals surface area contributed by atoms with Gasteiger partial charge < -0.3 is 19.3 Å². The first-order valence-corrected chi connectivity index (χ1v) is 11.0. The summed E-state index contributed by atoms with van der Waals surface area (Å²) >= 11 is 0. The highest BCUT2D eigenvalue weighted by Gasteiger charge is 2.47. The number of rotatable bonds is 6. The van der Waals surface area contributed by atoms with Crippen molar-refractivity contribution in [3.05, 3.63) is 89.0 Å². The second kappa shape index (κ2) is 9.88. The zero-order valence-electron chi connectivity index (χ0n) is 20.0. The molecule has 0 bridgehead atoms. The van der Waals surface area contributed by atoms with E-state index in [1.54, 1.807) is 49.4 Å². The number of aliphatic hydroxyl groups is 1. The fourth-order valence-corrected chi connectivity index (χ4v) is 4.22. The van der Waals surface area contributed by atoms with E-state index in [2.05, 4.69) is 4.74 Å². The number of ether oxygens (including phenoxy) is 3. The van der Waals surface area contributed by atoms with E-state index < -0.39 is 35.6 Å². The van der Waals surface area contributed by atoms with E-state index in [1.807, 2.05) is 0 Å². The molecule has 0 radical (unpaired) electrons. The maximum atomic E-state index is 13.3. The number of nitrogens with zero attached hydrogens (tertiary/aromatic N) is 1. The first kappa shape index (κ1) is 25.6. The van der Waals surface area contributed by atoms with Crippen LogP contribution >= 0.6 is 0 Å². The predicted molar refractivity (Wildman–Crippen MR) is 129 cm³/mol. The van der Waals surface area contributed by atoms with Crippen LogP contribution in [0, 0.1) is 6.92 Å². The van der Waals surface area contributed by atoms with E-state index in [0.717, 1.165) is 17.0 Å². The van der Waals surface area contributed by atoms with Crippen LogP contribution in [0.2, 0.25) is 0 Å². The van der Waals surface area contributed by atoms with Gasteiger partial charge in [-0.15, -0.1) is 13.2 Å². The molecule has 7 nitrogen and oxygen atoms in total. The summed E-state index contributed by atoms with van der Waals surface area (Å²) in [6.45, 7) is 1.76. The zero-order chi connectivity index (χ0) is 26.9. The van der Waals surface area contributed by atoms with Gasteiger partial charge in [0, 0.05) is 11.3 Å². The number of aryl methyl sites for hydroxylation is 1. The maximum Gasteiger partial charge on any atom is 0.573 e. The van der Waals surface area contributed by atoms with Crippen LogP contribution < -0.4 is 19.1 Å². The Kier molecular flexibility index (Phi) is 6.84. The number of hydrogen-bond acceptors (Lipinski definition) is 6. The summed E-state index contributed by atoms with van der Waals surface area (Å²) in [6.07, 6.45) is -4.89. The van der Waals surface area contributed by atoms with Crippen LogP contribution in [0.25, 0.3) is 5.76 Å². The highest BCUT2D eigenvalue weighted by molar-refractivity contribution is 6.51. The lowest BCUT2D eigenvalue weighted by atomic mass is 9.94. The monoisotopic (exact) mass is 513 g/mol. The molecule has 1 unspecified atom stereocenters. The van der Waals surface area contributed by atoms with Crippen molar-refractivity contribution in [3.63, 3.8) is 0 Å². The van der Waals surface area contributed by atoms with Crippen LogP contribution in [0.5, 0.6) is 17.2 Å². The molecule has 1 aliphatic heterocycles. The number of aliphatic hydroxyl groups excluding tert-OH is 1. The third-order valence-corrected chi connectivity index (χ3v) is 5.87. The van der Waals surface area contributed by atoms with Gasteiger partial charge in [-0.05, 0) is 72.6 Å². The van der Waals surface area contributed by atoms with Gasteiger partial charge in [0.15, 0.2) is 0 Å². The van der Waals surface area contributed by atoms with Crippen molar-refractivity contribution in [3.8, 4) is 17.2 Å². The quantitative estimate of drug-likeness (QED) is 0.265. The Hall–Kier alpha value is -4.47. The van der Waals surface area contributed by atoms with Gasteiger partial charge in [-0.2, -0.15) is 0 Å². The van der Waals surface area contributed by atoms with Crippen molar-refractivity contribution in [2.24, 2.45) is 0 Å². The van der Waals surface area contributed by atoms with E-state index in [9.17, 15) is 27.9 Å². The molecule has 1 aliphatic rings. The lowest BCUT2D eigenvalue weighted by molar-refractivity contribution is -0.274. The van der Waals surface area contributed by atoms with Gasteiger partial charge in [0.25, 0.3) is 11.7 Å². The molecule has 0 aromatic heterocycles. The molecule has 1 amide bonds. The highest BCUT2D eigenvalue weighted by atomic mass is 19.4. The Balaban J connectivity index is 1.88. The number of carbonyl (C=O) groups excluding carboxylic acids is 2. The molecule has 3 aromatic rings. The zero-order valence-corrected chi connectivity index (χ0v) is 20.0. The van der Waals surface area contributed by atoms with Crippen molar-refractivity contribution in [1.29, 1.82) is 0 Å². The summed E-state index contributed by atoms with van der Waals surface area (Å²) in [7, 11) is 2.96. The van der Waals surface area contributed by atoms with Crippen LogP contribution in [0.1, 0.15) is 22.7 Å². The van der Waals surface area contributed by atoms with E-state index >= 15 is 0 Å². The molecule has 37 heavy (non-hydrogen) atoms. The number of hydrogen-bond donors (Lipinski definition) is 1. The Labute approximate surface area is 210 Å². The van der Waals surface area contributed by atoms with Gasteiger partial charge in [-0.1, -0.05) is 12.1 Å². The minimum atomic E-state index is -4.89. The summed E-state index contributed by atoms with van der Waals surface area (Å²) in [6, 6.07) is 14.8. The topological polar surface area (TPSA) is 85.3 Å². The summed E-state index contributed by atoms with van der Waals surface area (Å²) < 4.78 is 52.3. The molecule has 0 spiro atoms. The molecular formula is C27H22F3NO6. The summed E-state index contributed by atoms with van der Waals surface area (Å²) in [5.74, 6) is -1.78. The van der Waals surface area contributed by atoms with Gasteiger partial charge in [-0.25, -0.2) is 0 Å². The highest BCUT2D eigenvalue weighted by Crippen LogP contribution is 2.43. The molecule has 192 valence electrons. The lowest BCUT2D eigenvalue weighted by Crippen LogP contribution is -2.29. The first-order valence-electron chi connectivity index (χ1n) is 11.0. The number of benzene rings is 3. The van der Waals surface area contributed by atoms with Gasteiger partial charge >= 0.3 is 6.36 Å². The first-order chi connectivity index (χ1) is 17.5. The standard InChI is InChI=1S/C27H22F3NO6/c1-15-13-17(7-12-21(15)36-3)24(32)22-23(16-5-4-6-20(14-16)35-2)31(26(34)25(22)33)18-8-10-19(11-9-18)37-27(28,29)30/h4-14,23,32H,1-3H3/b24-22-. The summed E-state index contributed by atoms with van der Waals surface area (Å²) in [4.78, 5) is 27.6. The van der Waals surface area contributed by atoms with Crippen LogP contribution in [-0.2, 0) is 9.59 Å². The third kappa shape index (κ3) is 5.09. The normalized spacial score (nSPS) is 17.1. The molecular weight excluding hydrogens is 491 g/mol. The molecule has 1 heterocycles. The van der Waals surface area contributed by atoms with Crippen molar-refractivity contribution < 1.29 is 42.1 Å². The SMILES string of the molecule is COc1cccc(C2/C(=C(/O)c3ccc(OC)c(C)c3)C(=O)C(=O)N2c2ccc(OC(F)(F)F)cc2)c1. The number of halogens is 3. The molecule has 0 saturated carbocycles. The second-order valence-electron chi connectivity index (χ2n) is 8.17. The molecule has 1 N–H and O–H groups in total. The molecule has 1 saturated heterocycles. The van der Waals surface area contributed by atoms with E-state index in [-0.39, 0.29) is 16.8 Å². The van der Waals surface area contributed by atoms with Crippen LogP contribution in [0.15, 0.2) is 72.3 Å². The van der Waals surface area contributed by atoms with Crippen molar-refractivity contribution in [2.75, 3.05) is 19.1 Å². The van der Waals surface area contributed by atoms with Gasteiger partial charge in [0.05, 0.1) is 25.8 Å². The average Bonchev–Trinajstić information content (AvgIpc) is 3.13.